The topological polar surface area (TPSA) is 30.5 Å². The second-order valence-corrected chi connectivity index (χ2v) is 5.01. The monoisotopic (exact) mass is 305 g/mol. The zero-order valence-corrected chi connectivity index (χ0v) is 12.4. The molecule has 0 heterocycles. The highest BCUT2D eigenvalue weighted by Gasteiger charge is 2.27. The van der Waals surface area contributed by atoms with Crippen LogP contribution in [0.1, 0.15) is 25.8 Å². The van der Waals surface area contributed by atoms with Gasteiger partial charge in [0.15, 0.2) is 0 Å². The molecule has 1 aromatic rings. The molecule has 0 saturated heterocycles. The summed E-state index contributed by atoms with van der Waals surface area (Å²) >= 11 is 0. The molecule has 0 aromatic heterocycles. The lowest BCUT2D eigenvalue weighted by molar-refractivity contribution is -0.174. The van der Waals surface area contributed by atoms with Crippen molar-refractivity contribution in [2.75, 3.05) is 19.8 Å². The van der Waals surface area contributed by atoms with Crippen LogP contribution in [0, 0.1) is 0 Å². The normalized spacial score (nSPS) is 11.9. The van der Waals surface area contributed by atoms with Crippen LogP contribution in [0.25, 0.3) is 0 Å². The summed E-state index contributed by atoms with van der Waals surface area (Å²) in [5.74, 6) is 0.751. The Kier molecular flexibility index (Phi) is 7.53. The van der Waals surface area contributed by atoms with E-state index in [1.165, 1.54) is 0 Å². The Labute approximate surface area is 123 Å². The molecular formula is C15H22F3NO2. The van der Waals surface area contributed by atoms with Crippen LogP contribution in [0.4, 0.5) is 13.2 Å². The van der Waals surface area contributed by atoms with E-state index >= 15 is 0 Å². The SMILES string of the molecule is CC(C)NCc1ccccc1OCCCOCC(F)(F)F. The van der Waals surface area contributed by atoms with E-state index in [2.05, 4.69) is 23.9 Å². The number of alkyl halides is 3. The van der Waals surface area contributed by atoms with E-state index in [-0.39, 0.29) is 6.61 Å². The van der Waals surface area contributed by atoms with Gasteiger partial charge >= 0.3 is 6.18 Å². The Morgan fingerprint density at radius 2 is 1.86 bits per heavy atom. The molecule has 1 rings (SSSR count). The molecule has 0 bridgehead atoms. The van der Waals surface area contributed by atoms with Gasteiger partial charge in [-0.1, -0.05) is 32.0 Å². The number of hydrogen-bond acceptors (Lipinski definition) is 3. The van der Waals surface area contributed by atoms with Gasteiger partial charge in [0.1, 0.15) is 12.4 Å². The minimum absolute atomic E-state index is 0.0337. The first-order valence-corrected chi connectivity index (χ1v) is 6.97. The summed E-state index contributed by atoms with van der Waals surface area (Å²) in [5.41, 5.74) is 1.03. The second kappa shape index (κ2) is 8.89. The van der Waals surface area contributed by atoms with Gasteiger partial charge < -0.3 is 14.8 Å². The fourth-order valence-corrected chi connectivity index (χ4v) is 1.64. The second-order valence-electron chi connectivity index (χ2n) is 5.01. The molecule has 3 nitrogen and oxygen atoms in total. The molecule has 1 aromatic carbocycles. The molecule has 0 atom stereocenters. The predicted octanol–water partition coefficient (Wildman–Crippen LogP) is 3.53. The maximum absolute atomic E-state index is 11.9. The summed E-state index contributed by atoms with van der Waals surface area (Å²) in [7, 11) is 0. The smallest absolute Gasteiger partial charge is 0.411 e. The zero-order chi connectivity index (χ0) is 15.7. The van der Waals surface area contributed by atoms with E-state index in [1.54, 1.807) is 0 Å². The van der Waals surface area contributed by atoms with E-state index in [0.717, 1.165) is 11.3 Å². The molecule has 0 aliphatic heterocycles. The molecule has 120 valence electrons. The molecule has 1 N–H and O–H groups in total. The standard InChI is InChI=1S/C15H22F3NO2/c1-12(2)19-10-13-6-3-4-7-14(13)21-9-5-8-20-11-15(16,17)18/h3-4,6-7,12,19H,5,8-11H2,1-2H3. The van der Waals surface area contributed by atoms with Crippen LogP contribution in [0.5, 0.6) is 5.75 Å². The van der Waals surface area contributed by atoms with Gasteiger partial charge in [-0.25, -0.2) is 0 Å². The zero-order valence-electron chi connectivity index (χ0n) is 12.4. The molecule has 0 unspecified atom stereocenters. The number of hydrogen-bond donors (Lipinski definition) is 1. The van der Waals surface area contributed by atoms with Gasteiger partial charge in [0, 0.05) is 24.6 Å². The van der Waals surface area contributed by atoms with Crippen molar-refractivity contribution in [1.82, 2.24) is 5.32 Å². The minimum Gasteiger partial charge on any atom is -0.493 e. The van der Waals surface area contributed by atoms with Crippen LogP contribution in [0.3, 0.4) is 0 Å². The molecule has 0 saturated carbocycles. The van der Waals surface area contributed by atoms with Gasteiger partial charge in [0.05, 0.1) is 13.2 Å². The van der Waals surface area contributed by atoms with Crippen molar-refractivity contribution < 1.29 is 22.6 Å². The third-order valence-electron chi connectivity index (χ3n) is 2.63. The van der Waals surface area contributed by atoms with E-state index in [1.807, 2.05) is 24.3 Å². The van der Waals surface area contributed by atoms with Crippen LogP contribution in [0.2, 0.25) is 0 Å². The molecule has 0 fully saturated rings. The van der Waals surface area contributed by atoms with Crippen molar-refractivity contribution in [2.24, 2.45) is 0 Å². The fraction of sp³-hybridized carbons (Fsp3) is 0.600. The highest BCUT2D eigenvalue weighted by atomic mass is 19.4. The first-order chi connectivity index (χ1) is 9.88. The third-order valence-corrected chi connectivity index (χ3v) is 2.63. The van der Waals surface area contributed by atoms with E-state index in [0.29, 0.717) is 25.6 Å². The molecular weight excluding hydrogens is 283 g/mol. The predicted molar refractivity (Wildman–Crippen MR) is 75.4 cm³/mol. The van der Waals surface area contributed by atoms with E-state index in [9.17, 15) is 13.2 Å². The highest BCUT2D eigenvalue weighted by Crippen LogP contribution is 2.18. The van der Waals surface area contributed by atoms with Gasteiger partial charge in [0.2, 0.25) is 0 Å². The first-order valence-electron chi connectivity index (χ1n) is 6.97. The van der Waals surface area contributed by atoms with Gasteiger partial charge in [0.25, 0.3) is 0 Å². The number of rotatable bonds is 9. The average molecular weight is 305 g/mol. The lowest BCUT2D eigenvalue weighted by atomic mass is 10.2. The Bertz CT molecular complexity index is 408. The average Bonchev–Trinajstić information content (AvgIpc) is 2.40. The molecule has 0 spiro atoms. The van der Waals surface area contributed by atoms with Crippen LogP contribution in [-0.4, -0.2) is 32.0 Å². The van der Waals surface area contributed by atoms with Crippen LogP contribution < -0.4 is 10.1 Å². The summed E-state index contributed by atoms with van der Waals surface area (Å²) < 4.78 is 45.7. The number of benzene rings is 1. The summed E-state index contributed by atoms with van der Waals surface area (Å²) in [6.45, 7) is 3.96. The molecule has 21 heavy (non-hydrogen) atoms. The number of halogens is 3. The molecule has 0 aliphatic rings. The van der Waals surface area contributed by atoms with Gasteiger partial charge in [-0.3, -0.25) is 0 Å². The van der Waals surface area contributed by atoms with Gasteiger partial charge in [-0.2, -0.15) is 13.2 Å². The fourth-order valence-electron chi connectivity index (χ4n) is 1.64. The molecule has 6 heteroatoms. The van der Waals surface area contributed by atoms with Crippen molar-refractivity contribution in [3.05, 3.63) is 29.8 Å². The Balaban J connectivity index is 2.28. The van der Waals surface area contributed by atoms with Gasteiger partial charge in [-0.05, 0) is 6.07 Å². The van der Waals surface area contributed by atoms with E-state index in [4.69, 9.17) is 4.74 Å². The van der Waals surface area contributed by atoms with Crippen molar-refractivity contribution in [1.29, 1.82) is 0 Å². The van der Waals surface area contributed by atoms with E-state index < -0.39 is 12.8 Å². The summed E-state index contributed by atoms with van der Waals surface area (Å²) in [4.78, 5) is 0. The maximum atomic E-state index is 11.9. The maximum Gasteiger partial charge on any atom is 0.411 e. The Morgan fingerprint density at radius 1 is 1.14 bits per heavy atom. The first kappa shape index (κ1) is 17.8. The van der Waals surface area contributed by atoms with Crippen molar-refractivity contribution >= 4 is 0 Å². The summed E-state index contributed by atoms with van der Waals surface area (Å²) in [6, 6.07) is 7.98. The van der Waals surface area contributed by atoms with Crippen LogP contribution in [-0.2, 0) is 11.3 Å². The number of nitrogens with one attached hydrogen (secondary N) is 1. The van der Waals surface area contributed by atoms with Crippen LogP contribution in [0.15, 0.2) is 24.3 Å². The Hall–Kier alpha value is -1.27. The lowest BCUT2D eigenvalue weighted by Gasteiger charge is -2.14. The van der Waals surface area contributed by atoms with Crippen molar-refractivity contribution in [2.45, 2.75) is 39.0 Å². The Morgan fingerprint density at radius 3 is 2.52 bits per heavy atom. The number of para-hydroxylation sites is 1. The lowest BCUT2D eigenvalue weighted by Crippen LogP contribution is -2.22. The largest absolute Gasteiger partial charge is 0.493 e. The minimum atomic E-state index is -4.27. The summed E-state index contributed by atoms with van der Waals surface area (Å²) in [5, 5.41) is 3.30. The third kappa shape index (κ3) is 8.57. The highest BCUT2D eigenvalue weighted by molar-refractivity contribution is 5.33. The van der Waals surface area contributed by atoms with Gasteiger partial charge in [-0.15, -0.1) is 0 Å². The molecule has 0 radical (unpaired) electrons. The van der Waals surface area contributed by atoms with Crippen molar-refractivity contribution in [3.63, 3.8) is 0 Å². The van der Waals surface area contributed by atoms with Crippen LogP contribution >= 0.6 is 0 Å². The quantitative estimate of drug-likeness (QED) is 0.708. The molecule has 0 aliphatic carbocycles. The summed E-state index contributed by atoms with van der Waals surface area (Å²) in [6.07, 6.45) is -3.85. The van der Waals surface area contributed by atoms with Crippen molar-refractivity contribution in [3.8, 4) is 5.75 Å². The number of ether oxygens (including phenoxy) is 2. The molecule has 0 amide bonds.